The molecule has 0 atom stereocenters. The zero-order chi connectivity index (χ0) is 28.3. The van der Waals surface area contributed by atoms with Crippen molar-refractivity contribution in [1.29, 1.82) is 0 Å². The van der Waals surface area contributed by atoms with Gasteiger partial charge in [0.2, 0.25) is 5.95 Å². The number of nitrogens with zero attached hydrogens (tertiary/aromatic N) is 4. The van der Waals surface area contributed by atoms with Crippen LogP contribution in [0.5, 0.6) is 0 Å². The van der Waals surface area contributed by atoms with E-state index < -0.39 is 29.1 Å². The smallest absolute Gasteiger partial charge is 0.353 e. The number of carbonyl (C=O) groups is 1. The Hall–Kier alpha value is -4.52. The molecule has 0 bridgehead atoms. The first kappa shape index (κ1) is 27.5. The highest BCUT2D eigenvalue weighted by molar-refractivity contribution is 6.00. The molecule has 0 aliphatic heterocycles. The van der Waals surface area contributed by atoms with Crippen molar-refractivity contribution in [2.45, 2.75) is 6.18 Å². The third-order valence-electron chi connectivity index (χ3n) is 5.76. The second-order valence-electron chi connectivity index (χ2n) is 8.98. The summed E-state index contributed by atoms with van der Waals surface area (Å²) in [5.41, 5.74) is -0.835. The number of urea groups is 1. The number of anilines is 3. The Kier molecular flexibility index (Phi) is 7.81. The fourth-order valence-electron chi connectivity index (χ4n) is 3.78. The number of fused-ring (bicyclic) bond motifs is 1. The summed E-state index contributed by atoms with van der Waals surface area (Å²) in [4.78, 5) is 36.3. The van der Waals surface area contributed by atoms with E-state index in [2.05, 4.69) is 25.9 Å². The number of hydrogen-bond acceptors (Lipinski definition) is 6. The van der Waals surface area contributed by atoms with Gasteiger partial charge in [0.05, 0.1) is 11.3 Å². The molecule has 0 unspecified atom stereocenters. The van der Waals surface area contributed by atoms with E-state index >= 15 is 0 Å². The average Bonchev–Trinajstić information content (AvgIpc) is 2.87. The third-order valence-corrected chi connectivity index (χ3v) is 5.76. The number of hydrogen-bond donors (Lipinski definition) is 3. The summed E-state index contributed by atoms with van der Waals surface area (Å²) >= 11 is 0. The Morgan fingerprint density at radius 3 is 2.56 bits per heavy atom. The number of halogens is 4. The van der Waals surface area contributed by atoms with Crippen molar-refractivity contribution < 1.29 is 22.4 Å². The number of rotatable bonds is 7. The molecule has 39 heavy (non-hydrogen) atoms. The van der Waals surface area contributed by atoms with Gasteiger partial charge in [-0.1, -0.05) is 12.1 Å². The van der Waals surface area contributed by atoms with Gasteiger partial charge in [0.15, 0.2) is 0 Å². The van der Waals surface area contributed by atoms with E-state index in [-0.39, 0.29) is 16.9 Å². The van der Waals surface area contributed by atoms with Crippen LogP contribution in [0, 0.1) is 5.82 Å². The maximum Gasteiger partial charge on any atom is 0.416 e. The van der Waals surface area contributed by atoms with E-state index in [4.69, 9.17) is 0 Å². The number of aryl methyl sites for hydroxylation is 1. The number of amides is 2. The molecule has 2 heterocycles. The topological polar surface area (TPSA) is 104 Å². The van der Waals surface area contributed by atoms with Crippen LogP contribution in [0.4, 0.5) is 39.7 Å². The molecule has 3 N–H and O–H groups in total. The van der Waals surface area contributed by atoms with Crippen molar-refractivity contribution in [2.75, 3.05) is 43.1 Å². The largest absolute Gasteiger partial charge is 0.416 e. The number of pyridine rings is 1. The lowest BCUT2D eigenvalue weighted by Gasteiger charge is -2.13. The Bertz CT molecular complexity index is 1590. The molecular formula is C26H25F4N7O2. The molecule has 2 aromatic heterocycles. The standard InChI is InChI=1S/C26H25F4N7O2/c1-36(2)10-9-31-24-32-14-16-11-19(23(38)37(3)22(16)35-24)15-7-8-20(27)21(12-15)34-25(39)33-18-6-4-5-17(13-18)26(28,29)30/h4-8,11-14H,9-10H2,1-3H3,(H,31,32,35)(H2,33,34,39). The summed E-state index contributed by atoms with van der Waals surface area (Å²) in [5, 5.41) is 8.19. The summed E-state index contributed by atoms with van der Waals surface area (Å²) in [6.45, 7) is 1.37. The molecule has 9 nitrogen and oxygen atoms in total. The number of nitrogens with one attached hydrogen (secondary N) is 3. The first-order valence-corrected chi connectivity index (χ1v) is 11.7. The highest BCUT2D eigenvalue weighted by atomic mass is 19.4. The quantitative estimate of drug-likeness (QED) is 0.290. The predicted molar refractivity (Wildman–Crippen MR) is 141 cm³/mol. The van der Waals surface area contributed by atoms with Gasteiger partial charge in [0.25, 0.3) is 5.56 Å². The van der Waals surface area contributed by atoms with Crippen LogP contribution in [0.25, 0.3) is 22.2 Å². The van der Waals surface area contributed by atoms with Gasteiger partial charge in [-0.3, -0.25) is 9.36 Å². The van der Waals surface area contributed by atoms with Crippen LogP contribution in [-0.4, -0.2) is 52.7 Å². The number of carbonyl (C=O) groups excluding carboxylic acids is 1. The van der Waals surface area contributed by atoms with Crippen molar-refractivity contribution in [3.05, 3.63) is 76.5 Å². The molecule has 0 saturated carbocycles. The number of benzene rings is 2. The van der Waals surface area contributed by atoms with Crippen LogP contribution in [0.15, 0.2) is 59.5 Å². The first-order valence-electron chi connectivity index (χ1n) is 11.7. The van der Waals surface area contributed by atoms with Crippen molar-refractivity contribution in [1.82, 2.24) is 19.4 Å². The summed E-state index contributed by atoms with van der Waals surface area (Å²) in [5.74, 6) is -0.431. The normalized spacial score (nSPS) is 11.6. The van der Waals surface area contributed by atoms with Crippen molar-refractivity contribution in [3.63, 3.8) is 0 Å². The second kappa shape index (κ2) is 11.1. The van der Waals surface area contributed by atoms with E-state index in [0.717, 1.165) is 30.8 Å². The van der Waals surface area contributed by atoms with E-state index in [9.17, 15) is 27.2 Å². The number of likely N-dealkylation sites (N-methyl/N-ethyl adjacent to an activating group) is 1. The summed E-state index contributed by atoms with van der Waals surface area (Å²) in [6.07, 6.45) is -3.02. The lowest BCUT2D eigenvalue weighted by molar-refractivity contribution is -0.137. The molecule has 4 rings (SSSR count). The van der Waals surface area contributed by atoms with Gasteiger partial charge in [0.1, 0.15) is 11.5 Å². The van der Waals surface area contributed by atoms with Gasteiger partial charge < -0.3 is 20.9 Å². The van der Waals surface area contributed by atoms with Crippen molar-refractivity contribution in [3.8, 4) is 11.1 Å². The summed E-state index contributed by atoms with van der Waals surface area (Å²) < 4.78 is 54.7. The highest BCUT2D eigenvalue weighted by Gasteiger charge is 2.30. The fourth-order valence-corrected chi connectivity index (χ4v) is 3.78. The highest BCUT2D eigenvalue weighted by Crippen LogP contribution is 2.31. The minimum absolute atomic E-state index is 0.127. The zero-order valence-corrected chi connectivity index (χ0v) is 21.2. The maximum atomic E-state index is 14.5. The minimum atomic E-state index is -4.59. The molecule has 204 valence electrons. The van der Waals surface area contributed by atoms with Gasteiger partial charge in [-0.25, -0.2) is 14.2 Å². The molecule has 13 heteroatoms. The Labute approximate surface area is 220 Å². The molecule has 0 fully saturated rings. The van der Waals surface area contributed by atoms with Gasteiger partial charge in [-0.05, 0) is 56.1 Å². The molecule has 4 aromatic rings. The molecule has 0 radical (unpaired) electrons. The molecule has 2 amide bonds. The van der Waals surface area contributed by atoms with Crippen molar-refractivity contribution >= 4 is 34.4 Å². The average molecular weight is 544 g/mol. The molecule has 0 aliphatic carbocycles. The molecule has 0 saturated heterocycles. The minimum Gasteiger partial charge on any atom is -0.353 e. The Balaban J connectivity index is 1.58. The van der Waals surface area contributed by atoms with Crippen LogP contribution in [0.1, 0.15) is 5.56 Å². The zero-order valence-electron chi connectivity index (χ0n) is 21.2. The SMILES string of the molecule is CN(C)CCNc1ncc2cc(-c3ccc(F)c(NC(=O)Nc4cccc(C(F)(F)F)c4)c3)c(=O)n(C)c2n1. The molecule has 2 aromatic carbocycles. The third kappa shape index (κ3) is 6.49. The van der Waals surface area contributed by atoms with Gasteiger partial charge >= 0.3 is 12.2 Å². The lowest BCUT2D eigenvalue weighted by atomic mass is 10.1. The Morgan fingerprint density at radius 2 is 1.85 bits per heavy atom. The number of alkyl halides is 3. The van der Waals surface area contributed by atoms with E-state index in [1.807, 2.05) is 19.0 Å². The van der Waals surface area contributed by atoms with Gasteiger partial charge in [-0.2, -0.15) is 18.2 Å². The van der Waals surface area contributed by atoms with Crippen LogP contribution in [0.3, 0.4) is 0 Å². The van der Waals surface area contributed by atoms with Gasteiger partial charge in [0, 0.05) is 43.0 Å². The van der Waals surface area contributed by atoms with E-state index in [1.54, 1.807) is 19.3 Å². The second-order valence-corrected chi connectivity index (χ2v) is 8.98. The van der Waals surface area contributed by atoms with E-state index in [1.165, 1.54) is 22.8 Å². The summed E-state index contributed by atoms with van der Waals surface area (Å²) in [7, 11) is 5.43. The van der Waals surface area contributed by atoms with Crippen LogP contribution < -0.4 is 21.5 Å². The van der Waals surface area contributed by atoms with Crippen LogP contribution in [-0.2, 0) is 13.2 Å². The molecule has 0 aliphatic rings. The predicted octanol–water partition coefficient (Wildman–Crippen LogP) is 4.77. The maximum absolute atomic E-state index is 14.5. The molecule has 0 spiro atoms. The lowest BCUT2D eigenvalue weighted by Crippen LogP contribution is -2.23. The molecular weight excluding hydrogens is 518 g/mol. The van der Waals surface area contributed by atoms with Gasteiger partial charge in [-0.15, -0.1) is 0 Å². The van der Waals surface area contributed by atoms with Crippen LogP contribution in [0.2, 0.25) is 0 Å². The fraction of sp³-hybridized carbons (Fsp3) is 0.231. The first-order chi connectivity index (χ1) is 18.4. The van der Waals surface area contributed by atoms with E-state index in [0.29, 0.717) is 29.1 Å². The monoisotopic (exact) mass is 543 g/mol. The van der Waals surface area contributed by atoms with Crippen molar-refractivity contribution in [2.24, 2.45) is 7.05 Å². The van der Waals surface area contributed by atoms with Crippen LogP contribution >= 0.6 is 0 Å². The number of aromatic nitrogens is 3. The Morgan fingerprint density at radius 1 is 1.08 bits per heavy atom. The summed E-state index contributed by atoms with van der Waals surface area (Å²) in [6, 6.07) is 8.37.